The number of ether oxygens (including phenoxy) is 1. The number of nitrogens with zero attached hydrogens (tertiary/aromatic N) is 3. The molecule has 0 aliphatic heterocycles. The van der Waals surface area contributed by atoms with E-state index in [4.69, 9.17) is 0 Å². The third kappa shape index (κ3) is 6.02. The number of imidazole rings is 1. The highest BCUT2D eigenvalue weighted by Crippen LogP contribution is 2.23. The summed E-state index contributed by atoms with van der Waals surface area (Å²) in [7, 11) is 1.10. The number of hydrogen-bond donors (Lipinski definition) is 1. The van der Waals surface area contributed by atoms with Crippen molar-refractivity contribution in [1.29, 1.82) is 0 Å². The monoisotopic (exact) mass is 484 g/mol. The SMILES string of the molecule is CN(C)S(=O)(=O)c1ccc2c(c1)nc(CCC(=O)NCc1ccc(OC(F)(F)F)cc1)n2C. The number of nitrogens with one attached hydrogen (secondary N) is 1. The molecule has 0 fully saturated rings. The van der Waals surface area contributed by atoms with Crippen molar-refractivity contribution >= 4 is 27.0 Å². The minimum Gasteiger partial charge on any atom is -0.406 e. The highest BCUT2D eigenvalue weighted by molar-refractivity contribution is 7.89. The Morgan fingerprint density at radius 1 is 1.15 bits per heavy atom. The van der Waals surface area contributed by atoms with E-state index in [1.54, 1.807) is 17.7 Å². The Hall–Kier alpha value is -3.12. The number of amides is 1. The predicted octanol–water partition coefficient (Wildman–Crippen LogP) is 2.97. The summed E-state index contributed by atoms with van der Waals surface area (Å²) in [5.74, 6) is 0.0303. The highest BCUT2D eigenvalue weighted by atomic mass is 32.2. The van der Waals surface area contributed by atoms with Gasteiger partial charge in [0.1, 0.15) is 11.6 Å². The van der Waals surface area contributed by atoms with Crippen LogP contribution in [0, 0.1) is 0 Å². The molecule has 0 spiro atoms. The number of aryl methyl sites for hydroxylation is 2. The minimum atomic E-state index is -4.76. The molecular weight excluding hydrogens is 461 g/mol. The molecule has 0 bridgehead atoms. The van der Waals surface area contributed by atoms with Gasteiger partial charge < -0.3 is 14.6 Å². The Labute approximate surface area is 189 Å². The van der Waals surface area contributed by atoms with Crippen LogP contribution in [0.2, 0.25) is 0 Å². The second-order valence-corrected chi connectivity index (χ2v) is 9.65. The van der Waals surface area contributed by atoms with Crippen LogP contribution in [0.5, 0.6) is 5.75 Å². The van der Waals surface area contributed by atoms with E-state index in [9.17, 15) is 26.4 Å². The zero-order valence-electron chi connectivity index (χ0n) is 18.2. The van der Waals surface area contributed by atoms with E-state index in [1.165, 1.54) is 50.5 Å². The minimum absolute atomic E-state index is 0.133. The zero-order chi connectivity index (χ0) is 24.4. The molecule has 12 heteroatoms. The maximum atomic E-state index is 12.3. The van der Waals surface area contributed by atoms with Gasteiger partial charge in [0, 0.05) is 40.5 Å². The van der Waals surface area contributed by atoms with Crippen molar-refractivity contribution in [2.75, 3.05) is 14.1 Å². The van der Waals surface area contributed by atoms with Crippen molar-refractivity contribution in [3.05, 3.63) is 53.9 Å². The summed E-state index contributed by atoms with van der Waals surface area (Å²) in [6.45, 7) is 0.152. The van der Waals surface area contributed by atoms with Gasteiger partial charge in [0.15, 0.2) is 0 Å². The molecule has 33 heavy (non-hydrogen) atoms. The number of halogens is 3. The lowest BCUT2D eigenvalue weighted by Crippen LogP contribution is -2.23. The molecule has 3 aromatic rings. The quantitative estimate of drug-likeness (QED) is 0.531. The van der Waals surface area contributed by atoms with E-state index in [0.717, 1.165) is 9.82 Å². The lowest BCUT2D eigenvalue weighted by molar-refractivity contribution is -0.274. The van der Waals surface area contributed by atoms with Crippen molar-refractivity contribution in [3.63, 3.8) is 0 Å². The van der Waals surface area contributed by atoms with Crippen LogP contribution in [0.25, 0.3) is 11.0 Å². The summed E-state index contributed by atoms with van der Waals surface area (Å²) in [6, 6.07) is 9.92. The third-order valence-corrected chi connectivity index (χ3v) is 6.76. The van der Waals surface area contributed by atoms with Gasteiger partial charge in [0.25, 0.3) is 0 Å². The van der Waals surface area contributed by atoms with Crippen LogP contribution in [0.3, 0.4) is 0 Å². The van der Waals surface area contributed by atoms with Crippen molar-refractivity contribution in [2.45, 2.75) is 30.6 Å². The average molecular weight is 485 g/mol. The maximum absolute atomic E-state index is 12.3. The van der Waals surface area contributed by atoms with Crippen molar-refractivity contribution in [3.8, 4) is 5.75 Å². The molecular formula is C21H23F3N4O4S. The molecule has 0 unspecified atom stereocenters. The number of hydrogen-bond acceptors (Lipinski definition) is 5. The zero-order valence-corrected chi connectivity index (χ0v) is 19.0. The number of alkyl halides is 3. The number of benzene rings is 2. The molecule has 1 aromatic heterocycles. The van der Waals surface area contributed by atoms with Gasteiger partial charge in [-0.05, 0) is 35.9 Å². The number of aromatic nitrogens is 2. The molecule has 0 saturated heterocycles. The molecule has 178 valence electrons. The van der Waals surface area contributed by atoms with Gasteiger partial charge in [-0.3, -0.25) is 4.79 Å². The standard InChI is InChI=1S/C21H23F3N4O4S/c1-27(2)33(30,31)16-8-9-18-17(12-16)26-19(28(18)3)10-11-20(29)25-13-14-4-6-15(7-5-14)32-21(22,23)24/h4-9,12H,10-11,13H2,1-3H3,(H,25,29). The number of rotatable bonds is 8. The average Bonchev–Trinajstić information content (AvgIpc) is 3.05. The first-order chi connectivity index (χ1) is 15.4. The molecule has 0 aliphatic rings. The van der Waals surface area contributed by atoms with Crippen LogP contribution >= 0.6 is 0 Å². The molecule has 3 rings (SSSR count). The number of carbonyl (C=O) groups is 1. The van der Waals surface area contributed by atoms with E-state index in [-0.39, 0.29) is 29.5 Å². The van der Waals surface area contributed by atoms with Crippen LogP contribution in [0.15, 0.2) is 47.4 Å². The van der Waals surface area contributed by atoms with E-state index >= 15 is 0 Å². The fourth-order valence-corrected chi connectivity index (χ4v) is 4.07. The van der Waals surface area contributed by atoms with Gasteiger partial charge in [-0.1, -0.05) is 12.1 Å². The Kier molecular flexibility index (Phi) is 6.98. The molecule has 0 atom stereocenters. The van der Waals surface area contributed by atoms with Crippen LogP contribution in [-0.2, 0) is 34.8 Å². The Bertz CT molecular complexity index is 1250. The topological polar surface area (TPSA) is 93.5 Å². The molecule has 1 heterocycles. The molecule has 8 nitrogen and oxygen atoms in total. The smallest absolute Gasteiger partial charge is 0.406 e. The van der Waals surface area contributed by atoms with E-state index in [0.29, 0.717) is 23.3 Å². The summed E-state index contributed by atoms with van der Waals surface area (Å²) in [5.41, 5.74) is 1.87. The van der Waals surface area contributed by atoms with Crippen molar-refractivity contribution in [2.24, 2.45) is 7.05 Å². The van der Waals surface area contributed by atoms with Crippen LogP contribution in [0.1, 0.15) is 17.8 Å². The summed E-state index contributed by atoms with van der Waals surface area (Å²) in [5, 5.41) is 2.71. The maximum Gasteiger partial charge on any atom is 0.573 e. The van der Waals surface area contributed by atoms with Gasteiger partial charge in [0.05, 0.1) is 15.9 Å². The number of carbonyl (C=O) groups excluding carboxylic acids is 1. The van der Waals surface area contributed by atoms with E-state index in [2.05, 4.69) is 15.0 Å². The molecule has 2 aromatic carbocycles. The largest absolute Gasteiger partial charge is 0.573 e. The first-order valence-corrected chi connectivity index (χ1v) is 11.3. The second kappa shape index (κ2) is 9.40. The number of fused-ring (bicyclic) bond motifs is 1. The van der Waals surface area contributed by atoms with Gasteiger partial charge >= 0.3 is 6.36 Å². The summed E-state index contributed by atoms with van der Waals surface area (Å²) >= 11 is 0. The van der Waals surface area contributed by atoms with Crippen LogP contribution < -0.4 is 10.1 Å². The lowest BCUT2D eigenvalue weighted by atomic mass is 10.2. The fourth-order valence-electron chi connectivity index (χ4n) is 3.15. The second-order valence-electron chi connectivity index (χ2n) is 7.49. The van der Waals surface area contributed by atoms with Crippen molar-refractivity contribution in [1.82, 2.24) is 19.2 Å². The molecule has 0 aliphatic carbocycles. The lowest BCUT2D eigenvalue weighted by Gasteiger charge is -2.11. The Morgan fingerprint density at radius 3 is 2.42 bits per heavy atom. The molecule has 1 amide bonds. The van der Waals surface area contributed by atoms with Gasteiger partial charge in [-0.15, -0.1) is 13.2 Å². The van der Waals surface area contributed by atoms with E-state index < -0.39 is 16.4 Å². The van der Waals surface area contributed by atoms with Gasteiger partial charge in [0.2, 0.25) is 15.9 Å². The van der Waals surface area contributed by atoms with Crippen LogP contribution in [0.4, 0.5) is 13.2 Å². The van der Waals surface area contributed by atoms with Crippen molar-refractivity contribution < 1.29 is 31.1 Å². The Morgan fingerprint density at radius 2 is 1.82 bits per heavy atom. The summed E-state index contributed by atoms with van der Waals surface area (Å²) < 4.78 is 68.0. The van der Waals surface area contributed by atoms with Gasteiger partial charge in [-0.25, -0.2) is 17.7 Å². The highest BCUT2D eigenvalue weighted by Gasteiger charge is 2.31. The molecule has 1 N–H and O–H groups in total. The van der Waals surface area contributed by atoms with Crippen LogP contribution in [-0.4, -0.2) is 48.6 Å². The molecule has 0 radical (unpaired) electrons. The fraction of sp³-hybridized carbons (Fsp3) is 0.333. The number of sulfonamides is 1. The third-order valence-electron chi connectivity index (χ3n) is 4.95. The van der Waals surface area contributed by atoms with E-state index in [1.807, 2.05) is 0 Å². The first kappa shape index (κ1) is 24.5. The summed E-state index contributed by atoms with van der Waals surface area (Å²) in [4.78, 5) is 16.8. The first-order valence-electron chi connectivity index (χ1n) is 9.86. The van der Waals surface area contributed by atoms with Gasteiger partial charge in [-0.2, -0.15) is 0 Å². The summed E-state index contributed by atoms with van der Waals surface area (Å²) in [6.07, 6.45) is -4.30. The predicted molar refractivity (Wildman–Crippen MR) is 115 cm³/mol. The molecule has 0 saturated carbocycles. The normalized spacial score (nSPS) is 12.3. The Balaban J connectivity index is 1.59.